The largest absolute Gasteiger partial charge is 0.313 e. The third-order valence-electron chi connectivity index (χ3n) is 3.75. The number of imidazole rings is 1. The van der Waals surface area contributed by atoms with Gasteiger partial charge in [-0.15, -0.1) is 0 Å². The highest BCUT2D eigenvalue weighted by atomic mass is 79.9. The first-order valence-electron chi connectivity index (χ1n) is 7.60. The third-order valence-corrected chi connectivity index (χ3v) is 4.27. The van der Waals surface area contributed by atoms with Crippen LogP contribution in [-0.4, -0.2) is 25.2 Å². The van der Waals surface area contributed by atoms with Crippen LogP contribution >= 0.6 is 15.9 Å². The summed E-state index contributed by atoms with van der Waals surface area (Å²) >= 11 is 3.43. The van der Waals surface area contributed by atoms with Crippen molar-refractivity contribution in [3.63, 3.8) is 0 Å². The van der Waals surface area contributed by atoms with Gasteiger partial charge in [-0.1, -0.05) is 28.1 Å². The van der Waals surface area contributed by atoms with Crippen molar-refractivity contribution in [2.75, 3.05) is 5.32 Å². The van der Waals surface area contributed by atoms with Crippen molar-refractivity contribution < 1.29 is 4.79 Å². The number of rotatable bonds is 4. The molecule has 2 heterocycles. The lowest BCUT2D eigenvalue weighted by Crippen LogP contribution is -2.20. The molecule has 0 saturated heterocycles. The summed E-state index contributed by atoms with van der Waals surface area (Å²) in [6, 6.07) is 9.76. The molecule has 0 unspecified atom stereocenters. The molecular weight excluding hydrogens is 370 g/mol. The predicted molar refractivity (Wildman–Crippen MR) is 96.9 cm³/mol. The molecule has 24 heavy (non-hydrogen) atoms. The first-order valence-corrected chi connectivity index (χ1v) is 8.39. The number of halogens is 1. The fraction of sp³-hybridized carbons (Fsp3) is 0.235. The molecule has 0 aliphatic heterocycles. The maximum absolute atomic E-state index is 12.5. The van der Waals surface area contributed by atoms with Crippen molar-refractivity contribution in [2.24, 2.45) is 7.05 Å². The molecule has 0 atom stereocenters. The van der Waals surface area contributed by atoms with Gasteiger partial charge in [-0.3, -0.25) is 14.8 Å². The number of nitrogens with one attached hydrogen (secondary N) is 1. The molecular formula is C17H18BrN5O. The van der Waals surface area contributed by atoms with E-state index in [0.717, 1.165) is 15.7 Å². The number of carbonyl (C=O) groups excluding carboxylic acids is 1. The summed E-state index contributed by atoms with van der Waals surface area (Å²) in [6.45, 7) is 3.96. The minimum Gasteiger partial charge on any atom is -0.313 e. The zero-order valence-electron chi connectivity index (χ0n) is 13.7. The number of nitrogens with zero attached hydrogens (tertiary/aromatic N) is 4. The van der Waals surface area contributed by atoms with E-state index in [0.29, 0.717) is 11.6 Å². The number of aromatic nitrogens is 4. The van der Waals surface area contributed by atoms with E-state index in [1.54, 1.807) is 23.1 Å². The van der Waals surface area contributed by atoms with Gasteiger partial charge in [-0.25, -0.2) is 4.98 Å². The number of benzene rings is 1. The maximum Gasteiger partial charge on any atom is 0.276 e. The average molecular weight is 388 g/mol. The lowest BCUT2D eigenvalue weighted by atomic mass is 10.2. The van der Waals surface area contributed by atoms with Gasteiger partial charge in [0.2, 0.25) is 5.95 Å². The topological polar surface area (TPSA) is 64.7 Å². The molecule has 1 N–H and O–H groups in total. The normalized spacial score (nSPS) is 11.0. The zero-order chi connectivity index (χ0) is 17.3. The Morgan fingerprint density at radius 3 is 2.58 bits per heavy atom. The van der Waals surface area contributed by atoms with E-state index < -0.39 is 0 Å². The Bertz CT molecular complexity index is 863. The fourth-order valence-corrected chi connectivity index (χ4v) is 2.75. The van der Waals surface area contributed by atoms with Crippen LogP contribution < -0.4 is 5.32 Å². The quantitative estimate of drug-likeness (QED) is 0.738. The van der Waals surface area contributed by atoms with Gasteiger partial charge in [0, 0.05) is 23.8 Å². The van der Waals surface area contributed by atoms with E-state index in [-0.39, 0.29) is 11.9 Å². The van der Waals surface area contributed by atoms with Crippen LogP contribution in [0.3, 0.4) is 0 Å². The van der Waals surface area contributed by atoms with Crippen LogP contribution in [0.1, 0.15) is 30.4 Å². The Hall–Kier alpha value is -2.41. The van der Waals surface area contributed by atoms with Crippen molar-refractivity contribution >= 4 is 27.8 Å². The van der Waals surface area contributed by atoms with Gasteiger partial charge in [-0.2, -0.15) is 5.10 Å². The van der Waals surface area contributed by atoms with Gasteiger partial charge in [0.15, 0.2) is 0 Å². The summed E-state index contributed by atoms with van der Waals surface area (Å²) in [5.41, 5.74) is 2.47. The Morgan fingerprint density at radius 1 is 1.21 bits per heavy atom. The molecule has 1 aromatic carbocycles. The first-order chi connectivity index (χ1) is 11.5. The number of anilines is 1. The Balaban J connectivity index is 1.85. The minimum absolute atomic E-state index is 0.112. The second kappa shape index (κ2) is 6.60. The molecule has 0 saturated carbocycles. The van der Waals surface area contributed by atoms with Crippen LogP contribution in [0, 0.1) is 0 Å². The number of hydrogen-bond acceptors (Lipinski definition) is 3. The lowest BCUT2D eigenvalue weighted by molar-refractivity contribution is 0.101. The van der Waals surface area contributed by atoms with Gasteiger partial charge in [0.25, 0.3) is 5.91 Å². The standard InChI is InChI=1S/C17H18BrN5O/c1-11(2)23-14(8-9-20-23)16(24)21-17-19-10-15(22(17)3)12-4-6-13(18)7-5-12/h4-11H,1-3H3,(H,19,21,24). The second-order valence-corrected chi connectivity index (χ2v) is 6.66. The molecule has 0 radical (unpaired) electrons. The van der Waals surface area contributed by atoms with Crippen molar-refractivity contribution in [1.29, 1.82) is 0 Å². The molecule has 0 bridgehead atoms. The van der Waals surface area contributed by atoms with Crippen LogP contribution in [0.4, 0.5) is 5.95 Å². The Morgan fingerprint density at radius 2 is 1.92 bits per heavy atom. The summed E-state index contributed by atoms with van der Waals surface area (Å²) in [7, 11) is 1.87. The van der Waals surface area contributed by atoms with E-state index >= 15 is 0 Å². The number of hydrogen-bond donors (Lipinski definition) is 1. The summed E-state index contributed by atoms with van der Waals surface area (Å²) in [5.74, 6) is 0.270. The SMILES string of the molecule is CC(C)n1nccc1C(=O)Nc1ncc(-c2ccc(Br)cc2)n1C. The highest BCUT2D eigenvalue weighted by Crippen LogP contribution is 2.24. The monoisotopic (exact) mass is 387 g/mol. The van der Waals surface area contributed by atoms with Gasteiger partial charge in [-0.05, 0) is 37.6 Å². The molecule has 1 amide bonds. The van der Waals surface area contributed by atoms with E-state index in [4.69, 9.17) is 0 Å². The van der Waals surface area contributed by atoms with Crippen LogP contribution in [0.15, 0.2) is 47.2 Å². The van der Waals surface area contributed by atoms with E-state index in [9.17, 15) is 4.79 Å². The molecule has 7 heteroatoms. The summed E-state index contributed by atoms with van der Waals surface area (Å²) in [6.07, 6.45) is 3.37. The van der Waals surface area contributed by atoms with Crippen LogP contribution in [0.5, 0.6) is 0 Å². The van der Waals surface area contributed by atoms with Gasteiger partial charge in [0.05, 0.1) is 11.9 Å². The van der Waals surface area contributed by atoms with Crippen LogP contribution in [0.2, 0.25) is 0 Å². The molecule has 0 aliphatic carbocycles. The predicted octanol–water partition coefficient (Wildman–Crippen LogP) is 3.88. The summed E-state index contributed by atoms with van der Waals surface area (Å²) < 4.78 is 4.56. The van der Waals surface area contributed by atoms with Gasteiger partial charge in [0.1, 0.15) is 5.69 Å². The van der Waals surface area contributed by atoms with Gasteiger partial charge < -0.3 is 4.57 Å². The molecule has 0 fully saturated rings. The van der Waals surface area contributed by atoms with E-state index in [1.165, 1.54) is 0 Å². The first kappa shape index (κ1) is 16.4. The smallest absolute Gasteiger partial charge is 0.276 e. The number of carbonyl (C=O) groups is 1. The molecule has 124 valence electrons. The van der Waals surface area contributed by atoms with Crippen molar-refractivity contribution in [1.82, 2.24) is 19.3 Å². The second-order valence-electron chi connectivity index (χ2n) is 5.74. The van der Waals surface area contributed by atoms with Crippen LogP contribution in [0.25, 0.3) is 11.3 Å². The summed E-state index contributed by atoms with van der Waals surface area (Å²) in [4.78, 5) is 16.8. The summed E-state index contributed by atoms with van der Waals surface area (Å²) in [5, 5.41) is 7.04. The van der Waals surface area contributed by atoms with Crippen molar-refractivity contribution in [3.8, 4) is 11.3 Å². The average Bonchev–Trinajstić information content (AvgIpc) is 3.16. The Kier molecular flexibility index (Phi) is 4.53. The van der Waals surface area contributed by atoms with E-state index in [2.05, 4.69) is 31.3 Å². The minimum atomic E-state index is -0.225. The Labute approximate surface area is 148 Å². The molecule has 3 aromatic rings. The molecule has 3 rings (SSSR count). The fourth-order valence-electron chi connectivity index (χ4n) is 2.49. The highest BCUT2D eigenvalue weighted by molar-refractivity contribution is 9.10. The van der Waals surface area contributed by atoms with Crippen molar-refractivity contribution in [2.45, 2.75) is 19.9 Å². The number of amides is 1. The lowest BCUT2D eigenvalue weighted by Gasteiger charge is -2.11. The molecule has 6 nitrogen and oxygen atoms in total. The third kappa shape index (κ3) is 3.12. The maximum atomic E-state index is 12.5. The van der Waals surface area contributed by atoms with Crippen molar-refractivity contribution in [3.05, 3.63) is 52.9 Å². The van der Waals surface area contributed by atoms with E-state index in [1.807, 2.05) is 49.7 Å². The molecule has 2 aromatic heterocycles. The van der Waals surface area contributed by atoms with Gasteiger partial charge >= 0.3 is 0 Å². The zero-order valence-corrected chi connectivity index (χ0v) is 15.3. The molecule has 0 aliphatic rings. The molecule has 0 spiro atoms. The van der Waals surface area contributed by atoms with Crippen LogP contribution in [-0.2, 0) is 7.05 Å². The highest BCUT2D eigenvalue weighted by Gasteiger charge is 2.17.